The van der Waals surface area contributed by atoms with Gasteiger partial charge in [-0.15, -0.1) is 0 Å². The first-order chi connectivity index (χ1) is 13.3. The highest BCUT2D eigenvalue weighted by molar-refractivity contribution is 7.89. The van der Waals surface area contributed by atoms with Crippen LogP contribution in [0.1, 0.15) is 48.7 Å². The Labute approximate surface area is 165 Å². The molecule has 7 heteroatoms. The van der Waals surface area contributed by atoms with Crippen LogP contribution < -0.4 is 5.32 Å². The molecule has 1 N–H and O–H groups in total. The molecule has 1 saturated heterocycles. The Morgan fingerprint density at radius 1 is 1.07 bits per heavy atom. The summed E-state index contributed by atoms with van der Waals surface area (Å²) in [6.45, 7) is 4.95. The smallest absolute Gasteiger partial charge is 0.251 e. The second-order valence-corrected chi connectivity index (χ2v) is 9.32. The van der Waals surface area contributed by atoms with Crippen LogP contribution in [0.15, 0.2) is 53.4 Å². The molecule has 0 spiro atoms. The standard InChI is InChI=1S/C21H25FN2O3S/c1-15(2)20(16-8-10-18(22)11-9-16)23-21(25)17-6-5-7-19(14-17)28(26,27)24-12-3-4-13-24/h5-11,14-15,20H,3-4,12-13H2,1-2H3,(H,23,25)/t20-/m1/s1. The van der Waals surface area contributed by atoms with Crippen molar-refractivity contribution in [1.29, 1.82) is 0 Å². The lowest BCUT2D eigenvalue weighted by Crippen LogP contribution is -2.32. The summed E-state index contributed by atoms with van der Waals surface area (Å²) in [7, 11) is -3.58. The molecule has 28 heavy (non-hydrogen) atoms. The topological polar surface area (TPSA) is 66.5 Å². The molecule has 0 radical (unpaired) electrons. The van der Waals surface area contributed by atoms with Gasteiger partial charge in [-0.05, 0) is 54.7 Å². The van der Waals surface area contributed by atoms with Crippen molar-refractivity contribution in [2.45, 2.75) is 37.6 Å². The van der Waals surface area contributed by atoms with Crippen LogP contribution in [0.5, 0.6) is 0 Å². The third kappa shape index (κ3) is 4.42. The van der Waals surface area contributed by atoms with Gasteiger partial charge in [0, 0.05) is 18.7 Å². The van der Waals surface area contributed by atoms with Crippen LogP contribution in [0, 0.1) is 11.7 Å². The van der Waals surface area contributed by atoms with Gasteiger partial charge in [-0.3, -0.25) is 4.79 Å². The van der Waals surface area contributed by atoms with Crippen LogP contribution in [0.2, 0.25) is 0 Å². The number of rotatable bonds is 6. The maximum Gasteiger partial charge on any atom is 0.251 e. The zero-order chi connectivity index (χ0) is 20.3. The Hall–Kier alpha value is -2.25. The minimum atomic E-state index is -3.58. The predicted molar refractivity (Wildman–Crippen MR) is 106 cm³/mol. The first-order valence-electron chi connectivity index (χ1n) is 9.45. The van der Waals surface area contributed by atoms with E-state index >= 15 is 0 Å². The van der Waals surface area contributed by atoms with Gasteiger partial charge >= 0.3 is 0 Å². The maximum atomic E-state index is 13.2. The number of nitrogens with one attached hydrogen (secondary N) is 1. The van der Waals surface area contributed by atoms with E-state index in [1.807, 2.05) is 13.8 Å². The maximum absolute atomic E-state index is 13.2. The van der Waals surface area contributed by atoms with Crippen LogP contribution in [-0.4, -0.2) is 31.7 Å². The molecule has 0 aliphatic carbocycles. The summed E-state index contributed by atoms with van der Waals surface area (Å²) in [5, 5.41) is 2.95. The number of benzene rings is 2. The zero-order valence-corrected chi connectivity index (χ0v) is 16.9. The molecule has 5 nitrogen and oxygen atoms in total. The molecule has 3 rings (SSSR count). The highest BCUT2D eigenvalue weighted by Crippen LogP contribution is 2.24. The fourth-order valence-corrected chi connectivity index (χ4v) is 4.97. The number of nitrogens with zero attached hydrogens (tertiary/aromatic N) is 1. The summed E-state index contributed by atoms with van der Waals surface area (Å²) in [6.07, 6.45) is 1.71. The van der Waals surface area contributed by atoms with E-state index in [2.05, 4.69) is 5.32 Å². The van der Waals surface area contributed by atoms with E-state index in [0.29, 0.717) is 13.1 Å². The van der Waals surface area contributed by atoms with E-state index in [4.69, 9.17) is 0 Å². The van der Waals surface area contributed by atoms with Gasteiger partial charge < -0.3 is 5.32 Å². The number of carbonyl (C=O) groups is 1. The Balaban J connectivity index is 1.83. The monoisotopic (exact) mass is 404 g/mol. The summed E-state index contributed by atoms with van der Waals surface area (Å²) in [5.41, 5.74) is 1.08. The molecule has 1 amide bonds. The first kappa shape index (κ1) is 20.5. The van der Waals surface area contributed by atoms with E-state index in [1.165, 1.54) is 28.6 Å². The van der Waals surface area contributed by atoms with Crippen LogP contribution in [-0.2, 0) is 10.0 Å². The molecule has 0 bridgehead atoms. The molecule has 1 aliphatic heterocycles. The average molecular weight is 405 g/mol. The van der Waals surface area contributed by atoms with E-state index in [0.717, 1.165) is 18.4 Å². The van der Waals surface area contributed by atoms with Gasteiger partial charge in [-0.25, -0.2) is 12.8 Å². The zero-order valence-electron chi connectivity index (χ0n) is 16.1. The van der Waals surface area contributed by atoms with Crippen molar-refractivity contribution < 1.29 is 17.6 Å². The average Bonchev–Trinajstić information content (AvgIpc) is 3.22. The minimum absolute atomic E-state index is 0.0749. The number of hydrogen-bond donors (Lipinski definition) is 1. The summed E-state index contributed by atoms with van der Waals surface area (Å²) in [6, 6.07) is 11.8. The van der Waals surface area contributed by atoms with E-state index in [-0.39, 0.29) is 34.1 Å². The highest BCUT2D eigenvalue weighted by Gasteiger charge is 2.28. The molecule has 1 heterocycles. The molecule has 2 aromatic rings. The minimum Gasteiger partial charge on any atom is -0.345 e. The predicted octanol–water partition coefficient (Wildman–Crippen LogP) is 3.74. The largest absolute Gasteiger partial charge is 0.345 e. The van der Waals surface area contributed by atoms with Gasteiger partial charge in [0.1, 0.15) is 5.82 Å². The van der Waals surface area contributed by atoms with Crippen LogP contribution in [0.3, 0.4) is 0 Å². The van der Waals surface area contributed by atoms with Crippen molar-refractivity contribution in [2.75, 3.05) is 13.1 Å². The molecule has 2 aromatic carbocycles. The normalized spacial score (nSPS) is 16.3. The Morgan fingerprint density at radius 3 is 2.32 bits per heavy atom. The number of carbonyl (C=O) groups excluding carboxylic acids is 1. The van der Waals surface area contributed by atoms with Gasteiger partial charge in [-0.1, -0.05) is 32.0 Å². The number of amides is 1. The molecular formula is C21H25FN2O3S. The summed E-state index contributed by atoms with van der Waals surface area (Å²) in [5.74, 6) is -0.621. The van der Waals surface area contributed by atoms with Crippen molar-refractivity contribution in [3.05, 3.63) is 65.5 Å². The summed E-state index contributed by atoms with van der Waals surface area (Å²) < 4.78 is 40.2. The fourth-order valence-electron chi connectivity index (χ4n) is 3.40. The second kappa shape index (κ2) is 8.41. The Bertz CT molecular complexity index is 936. The molecule has 1 aliphatic rings. The lowest BCUT2D eigenvalue weighted by atomic mass is 9.95. The van der Waals surface area contributed by atoms with Gasteiger partial charge in [0.15, 0.2) is 0 Å². The Morgan fingerprint density at radius 2 is 1.71 bits per heavy atom. The molecular weight excluding hydrogens is 379 g/mol. The summed E-state index contributed by atoms with van der Waals surface area (Å²) in [4.78, 5) is 12.9. The van der Waals surface area contributed by atoms with Crippen molar-refractivity contribution in [2.24, 2.45) is 5.92 Å². The van der Waals surface area contributed by atoms with Gasteiger partial charge in [-0.2, -0.15) is 4.31 Å². The van der Waals surface area contributed by atoms with E-state index < -0.39 is 10.0 Å². The van der Waals surface area contributed by atoms with Gasteiger partial charge in [0.2, 0.25) is 10.0 Å². The Kier molecular flexibility index (Phi) is 6.15. The van der Waals surface area contributed by atoms with Crippen molar-refractivity contribution in [3.8, 4) is 0 Å². The number of hydrogen-bond acceptors (Lipinski definition) is 3. The van der Waals surface area contributed by atoms with Crippen molar-refractivity contribution >= 4 is 15.9 Å². The van der Waals surface area contributed by atoms with Crippen molar-refractivity contribution in [3.63, 3.8) is 0 Å². The van der Waals surface area contributed by atoms with Crippen molar-refractivity contribution in [1.82, 2.24) is 9.62 Å². The third-order valence-corrected chi connectivity index (χ3v) is 6.88. The lowest BCUT2D eigenvalue weighted by molar-refractivity contribution is 0.0925. The third-order valence-electron chi connectivity index (χ3n) is 4.98. The molecule has 150 valence electrons. The first-order valence-corrected chi connectivity index (χ1v) is 10.9. The van der Waals surface area contributed by atoms with Crippen LogP contribution >= 0.6 is 0 Å². The van der Waals surface area contributed by atoms with E-state index in [9.17, 15) is 17.6 Å². The quantitative estimate of drug-likeness (QED) is 0.798. The lowest BCUT2D eigenvalue weighted by Gasteiger charge is -2.23. The fraction of sp³-hybridized carbons (Fsp3) is 0.381. The highest BCUT2D eigenvalue weighted by atomic mass is 32.2. The number of halogens is 1. The molecule has 1 fully saturated rings. The van der Waals surface area contributed by atoms with Gasteiger partial charge in [0.25, 0.3) is 5.91 Å². The summed E-state index contributed by atoms with van der Waals surface area (Å²) >= 11 is 0. The van der Waals surface area contributed by atoms with Crippen LogP contribution in [0.25, 0.3) is 0 Å². The SMILES string of the molecule is CC(C)[C@@H](NC(=O)c1cccc(S(=O)(=O)N2CCCC2)c1)c1ccc(F)cc1. The van der Waals surface area contributed by atoms with Crippen LogP contribution in [0.4, 0.5) is 4.39 Å². The molecule has 0 aromatic heterocycles. The second-order valence-electron chi connectivity index (χ2n) is 7.39. The van der Waals surface area contributed by atoms with Gasteiger partial charge in [0.05, 0.1) is 10.9 Å². The molecule has 1 atom stereocenters. The number of sulfonamides is 1. The van der Waals surface area contributed by atoms with E-state index in [1.54, 1.807) is 24.3 Å². The molecule has 0 unspecified atom stereocenters. The molecule has 0 saturated carbocycles.